The fraction of sp³-hybridized carbons (Fsp3) is 0.0227. The summed E-state index contributed by atoms with van der Waals surface area (Å²) in [6.07, 6.45) is 1.64. The van der Waals surface area contributed by atoms with Gasteiger partial charge in [-0.05, 0) is 75.3 Å². The van der Waals surface area contributed by atoms with Crippen LogP contribution in [0.25, 0.3) is 55.7 Å². The van der Waals surface area contributed by atoms with Gasteiger partial charge in [0.15, 0.2) is 0 Å². The van der Waals surface area contributed by atoms with E-state index in [2.05, 4.69) is 120 Å². The zero-order valence-electron chi connectivity index (χ0n) is 26.0. The molecule has 0 unspecified atom stereocenters. The third-order valence-corrected chi connectivity index (χ3v) is 9.56. The van der Waals surface area contributed by atoms with Gasteiger partial charge in [-0.2, -0.15) is 0 Å². The largest absolute Gasteiger partial charge is 0.507 e. The monoisotopic (exact) mass is 615 g/mol. The summed E-state index contributed by atoms with van der Waals surface area (Å²) in [5, 5.41) is 12.1. The van der Waals surface area contributed by atoms with E-state index in [9.17, 15) is 5.11 Å². The maximum Gasteiger partial charge on any atom is 0.124 e. The van der Waals surface area contributed by atoms with Gasteiger partial charge in [0.1, 0.15) is 12.1 Å². The van der Waals surface area contributed by atoms with Crippen LogP contribution in [0.3, 0.4) is 0 Å². The molecule has 48 heavy (non-hydrogen) atoms. The summed E-state index contributed by atoms with van der Waals surface area (Å²) >= 11 is 0. The number of fused-ring (bicyclic) bond motifs is 4. The van der Waals surface area contributed by atoms with Crippen LogP contribution in [-0.4, -0.2) is 20.1 Å². The van der Waals surface area contributed by atoms with E-state index < -0.39 is 5.41 Å². The number of nitrogens with zero attached hydrogens (tertiary/aromatic N) is 3. The number of para-hydroxylation sites is 2. The maximum absolute atomic E-state index is 11.1. The van der Waals surface area contributed by atoms with E-state index >= 15 is 0 Å². The average molecular weight is 616 g/mol. The molecule has 1 N–H and O–H groups in total. The van der Waals surface area contributed by atoms with Crippen LogP contribution in [0.15, 0.2) is 170 Å². The van der Waals surface area contributed by atoms with Crippen molar-refractivity contribution < 1.29 is 5.11 Å². The Morgan fingerprint density at radius 3 is 1.90 bits per heavy atom. The smallest absolute Gasteiger partial charge is 0.124 e. The third-order valence-electron chi connectivity index (χ3n) is 9.56. The number of aromatic hydroxyl groups is 1. The van der Waals surface area contributed by atoms with Crippen LogP contribution in [0.4, 0.5) is 0 Å². The Bertz CT molecular complexity index is 2440. The first-order valence-corrected chi connectivity index (χ1v) is 16.1. The number of phenolic OH excluding ortho intramolecular Hbond substituents is 1. The summed E-state index contributed by atoms with van der Waals surface area (Å²) in [4.78, 5) is 14.8. The molecule has 2 heterocycles. The zero-order chi connectivity index (χ0) is 32.1. The fourth-order valence-electron chi connectivity index (χ4n) is 7.45. The van der Waals surface area contributed by atoms with Crippen molar-refractivity contribution in [3.63, 3.8) is 0 Å². The number of hydrogen-bond acceptors (Lipinski definition) is 4. The second-order valence-electron chi connectivity index (χ2n) is 12.2. The van der Waals surface area contributed by atoms with Crippen LogP contribution < -0.4 is 0 Å². The first-order valence-electron chi connectivity index (χ1n) is 16.1. The normalized spacial score (nSPS) is 12.8. The van der Waals surface area contributed by atoms with Crippen LogP contribution >= 0.6 is 0 Å². The summed E-state index contributed by atoms with van der Waals surface area (Å²) in [6.45, 7) is 0. The lowest BCUT2D eigenvalue weighted by Crippen LogP contribution is -2.30. The lowest BCUT2D eigenvalue weighted by Gasteiger charge is -2.33. The van der Waals surface area contributed by atoms with Crippen molar-refractivity contribution in [3.8, 4) is 50.5 Å². The van der Waals surface area contributed by atoms with Crippen molar-refractivity contribution in [2.75, 3.05) is 0 Å². The van der Waals surface area contributed by atoms with Gasteiger partial charge in [0.2, 0.25) is 0 Å². The average Bonchev–Trinajstić information content (AvgIpc) is 3.46. The van der Waals surface area contributed by atoms with Gasteiger partial charge in [0.25, 0.3) is 0 Å². The van der Waals surface area contributed by atoms with E-state index in [-0.39, 0.29) is 5.75 Å². The molecule has 0 saturated carbocycles. The van der Waals surface area contributed by atoms with Crippen molar-refractivity contribution in [3.05, 3.63) is 193 Å². The number of aromatic nitrogens is 3. The summed E-state index contributed by atoms with van der Waals surface area (Å²) in [6, 6.07) is 56.3. The number of rotatable bonds is 5. The van der Waals surface area contributed by atoms with Gasteiger partial charge < -0.3 is 5.11 Å². The molecular formula is C44H29N3O. The molecule has 0 atom stereocenters. The lowest BCUT2D eigenvalue weighted by molar-refractivity contribution is 0.477. The van der Waals surface area contributed by atoms with E-state index in [0.29, 0.717) is 11.3 Å². The molecule has 9 rings (SSSR count). The highest BCUT2D eigenvalue weighted by molar-refractivity contribution is 5.93. The first-order chi connectivity index (χ1) is 23.7. The van der Waals surface area contributed by atoms with Gasteiger partial charge >= 0.3 is 0 Å². The standard InChI is InChI=1S/C44H29N3O/c48-41-24-11-7-19-35(41)40-26-31(29-13-2-1-3-14-29)27-42(47-40)44(37-21-8-4-17-33(37)34-18-5-9-22-38(34)44)32-16-12-15-30(25-32)43-36-20-6-10-23-39(36)45-28-46-43/h1-28,48H. The van der Waals surface area contributed by atoms with Gasteiger partial charge in [-0.15, -0.1) is 0 Å². The van der Waals surface area contributed by atoms with Gasteiger partial charge in [-0.25, -0.2) is 9.97 Å². The number of benzene rings is 6. The van der Waals surface area contributed by atoms with Crippen molar-refractivity contribution in [1.82, 2.24) is 15.0 Å². The van der Waals surface area contributed by atoms with Crippen LogP contribution in [0.5, 0.6) is 5.75 Å². The van der Waals surface area contributed by atoms with Crippen LogP contribution in [0, 0.1) is 0 Å². The summed E-state index contributed by atoms with van der Waals surface area (Å²) in [7, 11) is 0. The minimum atomic E-state index is -0.768. The minimum absolute atomic E-state index is 0.195. The molecule has 0 bridgehead atoms. The molecule has 4 nitrogen and oxygen atoms in total. The summed E-state index contributed by atoms with van der Waals surface area (Å²) < 4.78 is 0. The van der Waals surface area contributed by atoms with Crippen LogP contribution in [0.1, 0.15) is 22.4 Å². The highest BCUT2D eigenvalue weighted by Gasteiger charge is 2.47. The predicted molar refractivity (Wildman–Crippen MR) is 193 cm³/mol. The highest BCUT2D eigenvalue weighted by atomic mass is 16.3. The van der Waals surface area contributed by atoms with E-state index in [1.54, 1.807) is 12.4 Å². The molecule has 4 heteroatoms. The first kappa shape index (κ1) is 27.9. The molecule has 0 amide bonds. The molecule has 8 aromatic rings. The molecule has 0 fully saturated rings. The quantitative estimate of drug-likeness (QED) is 0.209. The molecule has 0 saturated heterocycles. The van der Waals surface area contributed by atoms with Gasteiger partial charge in [-0.1, -0.05) is 127 Å². The predicted octanol–water partition coefficient (Wildman–Crippen LogP) is 10.1. The molecular weight excluding hydrogens is 587 g/mol. The zero-order valence-corrected chi connectivity index (χ0v) is 26.0. The Balaban J connectivity index is 1.40. The molecule has 226 valence electrons. The molecule has 0 spiro atoms. The van der Waals surface area contributed by atoms with Crippen LogP contribution in [0.2, 0.25) is 0 Å². The Morgan fingerprint density at radius 1 is 0.479 bits per heavy atom. The third kappa shape index (κ3) is 4.27. The number of phenols is 1. The second kappa shape index (κ2) is 11.1. The van der Waals surface area contributed by atoms with Crippen molar-refractivity contribution >= 4 is 10.9 Å². The van der Waals surface area contributed by atoms with E-state index in [4.69, 9.17) is 9.97 Å². The second-order valence-corrected chi connectivity index (χ2v) is 12.2. The fourth-order valence-corrected chi connectivity index (χ4v) is 7.45. The molecule has 1 aliphatic rings. The van der Waals surface area contributed by atoms with Crippen molar-refractivity contribution in [2.45, 2.75) is 5.41 Å². The van der Waals surface area contributed by atoms with Gasteiger partial charge in [0.05, 0.1) is 28.0 Å². The Labute approximate surface area is 278 Å². The summed E-state index contributed by atoms with van der Waals surface area (Å²) in [5.41, 5.74) is 12.2. The van der Waals surface area contributed by atoms with E-state index in [0.717, 1.165) is 55.7 Å². The Hall–Kier alpha value is -6.39. The highest BCUT2D eigenvalue weighted by Crippen LogP contribution is 2.56. The Morgan fingerprint density at radius 2 is 1.12 bits per heavy atom. The minimum Gasteiger partial charge on any atom is -0.507 e. The SMILES string of the molecule is Oc1ccccc1-c1cc(-c2ccccc2)cc(C2(c3cccc(-c4ncnc5ccccc45)c3)c3ccccc3-c3ccccc32)n1. The van der Waals surface area contributed by atoms with Crippen molar-refractivity contribution in [1.29, 1.82) is 0 Å². The maximum atomic E-state index is 11.1. The van der Waals surface area contributed by atoms with Crippen molar-refractivity contribution in [2.24, 2.45) is 0 Å². The molecule has 1 aliphatic carbocycles. The number of pyridine rings is 1. The number of hydrogen-bond donors (Lipinski definition) is 1. The molecule has 0 aliphatic heterocycles. The topological polar surface area (TPSA) is 58.9 Å². The Kier molecular flexibility index (Phi) is 6.47. The molecule has 6 aromatic carbocycles. The van der Waals surface area contributed by atoms with Gasteiger partial charge in [-0.3, -0.25) is 4.98 Å². The van der Waals surface area contributed by atoms with E-state index in [1.165, 1.54) is 11.1 Å². The van der Waals surface area contributed by atoms with Crippen LogP contribution in [-0.2, 0) is 5.41 Å². The van der Waals surface area contributed by atoms with Gasteiger partial charge in [0, 0.05) is 16.5 Å². The molecule has 0 radical (unpaired) electrons. The molecule has 2 aromatic heterocycles. The lowest BCUT2D eigenvalue weighted by atomic mass is 9.69. The summed E-state index contributed by atoms with van der Waals surface area (Å²) in [5.74, 6) is 0.195. The van der Waals surface area contributed by atoms with E-state index in [1.807, 2.05) is 42.5 Å².